The van der Waals surface area contributed by atoms with Crippen LogP contribution in [0.2, 0.25) is 0 Å². The molecule has 3 rings (SSSR count). The summed E-state index contributed by atoms with van der Waals surface area (Å²) in [5.74, 6) is -1.17. The Labute approximate surface area is 102 Å². The molecule has 3 atom stereocenters. The summed E-state index contributed by atoms with van der Waals surface area (Å²) in [6.45, 7) is 1.11. The van der Waals surface area contributed by atoms with Gasteiger partial charge in [0.05, 0.1) is 4.75 Å². The molecule has 0 aromatic heterocycles. The first kappa shape index (κ1) is 11.3. The molecule has 2 unspecified atom stereocenters. The third kappa shape index (κ3) is 1.36. The minimum atomic E-state index is -0.929. The van der Waals surface area contributed by atoms with Gasteiger partial charge in [0.1, 0.15) is 17.5 Å². The van der Waals surface area contributed by atoms with Gasteiger partial charge in [-0.2, -0.15) is 0 Å². The highest BCUT2D eigenvalue weighted by Crippen LogP contribution is 2.54. The number of amides is 1. The van der Waals surface area contributed by atoms with E-state index in [1.54, 1.807) is 11.8 Å². The number of ether oxygens (including phenoxy) is 1. The quantitative estimate of drug-likeness (QED) is 0.600. The largest absolute Gasteiger partial charge is 0.480 e. The van der Waals surface area contributed by atoms with Crippen molar-refractivity contribution in [2.75, 3.05) is 13.2 Å². The van der Waals surface area contributed by atoms with Crippen LogP contribution in [0.4, 0.5) is 0 Å². The van der Waals surface area contributed by atoms with E-state index in [1.165, 1.54) is 4.90 Å². The lowest BCUT2D eigenvalue weighted by Crippen LogP contribution is -2.69. The fourth-order valence-corrected chi connectivity index (χ4v) is 4.75. The number of carbonyl (C=O) groups is 2. The van der Waals surface area contributed by atoms with Crippen LogP contribution in [0.3, 0.4) is 0 Å². The maximum atomic E-state index is 11.7. The van der Waals surface area contributed by atoms with Gasteiger partial charge in [-0.25, -0.2) is 4.79 Å². The predicted molar refractivity (Wildman–Crippen MR) is 60.4 cm³/mol. The van der Waals surface area contributed by atoms with E-state index in [9.17, 15) is 14.7 Å². The average molecular weight is 258 g/mol. The van der Waals surface area contributed by atoms with Crippen molar-refractivity contribution in [1.82, 2.24) is 4.90 Å². The SMILES string of the molecule is NC1C(=O)N2C(C(=O)O)C3(CCOCC3)S[C@@H]12. The lowest BCUT2D eigenvalue weighted by atomic mass is 9.87. The van der Waals surface area contributed by atoms with Gasteiger partial charge >= 0.3 is 5.97 Å². The topological polar surface area (TPSA) is 92.9 Å². The van der Waals surface area contributed by atoms with E-state index in [0.29, 0.717) is 26.1 Å². The van der Waals surface area contributed by atoms with Crippen molar-refractivity contribution in [2.45, 2.75) is 35.0 Å². The summed E-state index contributed by atoms with van der Waals surface area (Å²) in [7, 11) is 0. The maximum Gasteiger partial charge on any atom is 0.327 e. The Morgan fingerprint density at radius 2 is 2.18 bits per heavy atom. The molecule has 0 bridgehead atoms. The lowest BCUT2D eigenvalue weighted by Gasteiger charge is -2.42. The Morgan fingerprint density at radius 3 is 2.76 bits per heavy atom. The highest BCUT2D eigenvalue weighted by molar-refractivity contribution is 8.01. The normalized spacial score (nSPS) is 39.0. The fraction of sp³-hybridized carbons (Fsp3) is 0.800. The average Bonchev–Trinajstić information content (AvgIpc) is 2.62. The monoisotopic (exact) mass is 258 g/mol. The van der Waals surface area contributed by atoms with Crippen molar-refractivity contribution < 1.29 is 19.4 Å². The van der Waals surface area contributed by atoms with Crippen LogP contribution >= 0.6 is 11.8 Å². The molecule has 6 nitrogen and oxygen atoms in total. The van der Waals surface area contributed by atoms with E-state index < -0.39 is 22.8 Å². The highest BCUT2D eigenvalue weighted by atomic mass is 32.2. The van der Waals surface area contributed by atoms with Gasteiger partial charge in [-0.3, -0.25) is 4.79 Å². The van der Waals surface area contributed by atoms with Crippen LogP contribution in [0.25, 0.3) is 0 Å². The van der Waals surface area contributed by atoms with Gasteiger partial charge in [-0.15, -0.1) is 11.8 Å². The molecule has 3 fully saturated rings. The van der Waals surface area contributed by atoms with Gasteiger partial charge in [-0.05, 0) is 12.8 Å². The van der Waals surface area contributed by atoms with E-state index in [4.69, 9.17) is 10.5 Å². The van der Waals surface area contributed by atoms with Gasteiger partial charge in [0.25, 0.3) is 0 Å². The third-order valence-electron chi connectivity index (χ3n) is 3.83. The number of thioether (sulfide) groups is 1. The molecule has 1 spiro atoms. The van der Waals surface area contributed by atoms with Gasteiger partial charge in [0.15, 0.2) is 0 Å². The zero-order chi connectivity index (χ0) is 12.2. The molecule has 3 aliphatic heterocycles. The summed E-state index contributed by atoms with van der Waals surface area (Å²) in [5.41, 5.74) is 5.72. The number of hydrogen-bond donors (Lipinski definition) is 2. The number of fused-ring (bicyclic) bond motifs is 1. The Morgan fingerprint density at radius 1 is 1.53 bits per heavy atom. The molecule has 1 amide bonds. The molecule has 0 radical (unpaired) electrons. The van der Waals surface area contributed by atoms with Crippen LogP contribution in [0.15, 0.2) is 0 Å². The molecule has 0 aliphatic carbocycles. The van der Waals surface area contributed by atoms with Crippen LogP contribution in [-0.2, 0) is 14.3 Å². The van der Waals surface area contributed by atoms with E-state index in [2.05, 4.69) is 0 Å². The van der Waals surface area contributed by atoms with Gasteiger partial charge < -0.3 is 20.5 Å². The van der Waals surface area contributed by atoms with E-state index in [1.807, 2.05) is 0 Å². The molecule has 0 aromatic carbocycles. The fourth-order valence-electron chi connectivity index (χ4n) is 2.93. The molecule has 0 aromatic rings. The minimum Gasteiger partial charge on any atom is -0.480 e. The highest BCUT2D eigenvalue weighted by Gasteiger charge is 2.65. The molecular weight excluding hydrogens is 244 g/mol. The second kappa shape index (κ2) is 3.60. The van der Waals surface area contributed by atoms with Crippen molar-refractivity contribution >= 4 is 23.6 Å². The van der Waals surface area contributed by atoms with Crippen molar-refractivity contribution in [1.29, 1.82) is 0 Å². The Hall–Kier alpha value is -0.790. The molecule has 0 saturated carbocycles. The number of aliphatic carboxylic acids is 1. The number of carboxylic acid groups (broad SMARTS) is 1. The molecule has 7 heteroatoms. The molecule has 3 N–H and O–H groups in total. The summed E-state index contributed by atoms with van der Waals surface area (Å²) in [6, 6.07) is -1.28. The van der Waals surface area contributed by atoms with Gasteiger partial charge in [-0.1, -0.05) is 0 Å². The van der Waals surface area contributed by atoms with Gasteiger partial charge in [0, 0.05) is 13.2 Å². The molecule has 3 saturated heterocycles. The van der Waals surface area contributed by atoms with Crippen molar-refractivity contribution in [3.8, 4) is 0 Å². The van der Waals surface area contributed by atoms with Crippen LogP contribution in [0.5, 0.6) is 0 Å². The van der Waals surface area contributed by atoms with Crippen molar-refractivity contribution in [3.63, 3.8) is 0 Å². The molecule has 94 valence electrons. The number of β-lactam (4-membered cyclic amide) rings is 1. The summed E-state index contributed by atoms with van der Waals surface area (Å²) in [4.78, 5) is 24.6. The zero-order valence-electron chi connectivity index (χ0n) is 9.17. The van der Waals surface area contributed by atoms with E-state index in [0.717, 1.165) is 0 Å². The summed E-state index contributed by atoms with van der Waals surface area (Å²) < 4.78 is 4.88. The van der Waals surface area contributed by atoms with Crippen LogP contribution in [0.1, 0.15) is 12.8 Å². The summed E-state index contributed by atoms with van der Waals surface area (Å²) in [6.07, 6.45) is 1.34. The number of hydrogen-bond acceptors (Lipinski definition) is 5. The van der Waals surface area contributed by atoms with Crippen LogP contribution < -0.4 is 5.73 Å². The first-order chi connectivity index (χ1) is 8.07. The molecule has 3 heterocycles. The molecule has 17 heavy (non-hydrogen) atoms. The second-order valence-corrected chi connectivity index (χ2v) is 6.23. The van der Waals surface area contributed by atoms with E-state index in [-0.39, 0.29) is 11.3 Å². The summed E-state index contributed by atoms with van der Waals surface area (Å²) >= 11 is 1.55. The third-order valence-corrected chi connectivity index (χ3v) is 5.69. The minimum absolute atomic E-state index is 0.165. The lowest BCUT2D eigenvalue weighted by molar-refractivity contribution is -0.160. The molecule has 3 aliphatic rings. The predicted octanol–water partition coefficient (Wildman–Crippen LogP) is -0.769. The number of rotatable bonds is 1. The van der Waals surface area contributed by atoms with E-state index >= 15 is 0 Å². The Balaban J connectivity index is 1.94. The molecular formula is C10H14N2O4S. The van der Waals surface area contributed by atoms with Gasteiger partial charge in [0.2, 0.25) is 5.91 Å². The summed E-state index contributed by atoms with van der Waals surface area (Å²) in [5, 5.41) is 9.20. The number of nitrogens with two attached hydrogens (primary N) is 1. The maximum absolute atomic E-state index is 11.7. The Bertz CT molecular complexity index is 383. The van der Waals surface area contributed by atoms with Crippen molar-refractivity contribution in [2.24, 2.45) is 5.73 Å². The number of carboxylic acids is 1. The smallest absolute Gasteiger partial charge is 0.327 e. The standard InChI is InChI=1S/C10H14N2O4S/c11-5-7(13)12-6(9(14)15)10(17-8(5)12)1-3-16-4-2-10/h5-6,8H,1-4,11H2,(H,14,15)/t5?,6?,8-/m0/s1. The van der Waals surface area contributed by atoms with Crippen LogP contribution in [0, 0.1) is 0 Å². The first-order valence-electron chi connectivity index (χ1n) is 5.63. The zero-order valence-corrected chi connectivity index (χ0v) is 9.98. The number of carbonyl (C=O) groups excluding carboxylic acids is 1. The first-order valence-corrected chi connectivity index (χ1v) is 6.51. The van der Waals surface area contributed by atoms with Crippen molar-refractivity contribution in [3.05, 3.63) is 0 Å². The van der Waals surface area contributed by atoms with Crippen LogP contribution in [-0.4, -0.2) is 57.3 Å². The number of nitrogens with zero attached hydrogens (tertiary/aromatic N) is 1. The second-order valence-electron chi connectivity index (χ2n) is 4.70. The Kier molecular flexibility index (Phi) is 2.39.